The van der Waals surface area contributed by atoms with E-state index in [0.29, 0.717) is 11.7 Å². The highest BCUT2D eigenvalue weighted by molar-refractivity contribution is 14.1. The van der Waals surface area contributed by atoms with Gasteiger partial charge in [0, 0.05) is 6.42 Å². The molecule has 1 heterocycles. The van der Waals surface area contributed by atoms with E-state index in [0.717, 1.165) is 15.8 Å². The van der Waals surface area contributed by atoms with E-state index in [2.05, 4.69) is 55.4 Å². The Hall–Kier alpha value is -0.260. The van der Waals surface area contributed by atoms with Crippen molar-refractivity contribution in [3.8, 4) is 0 Å². The molecular formula is C10H17IN2O. The van der Waals surface area contributed by atoms with E-state index in [-0.39, 0.29) is 5.41 Å². The standard InChI is InChI=1S/C10H17IN2O/c1-6(10(2,3)4)5-7-8(11)9(12)13-14-7/h6H,5H2,1-4H3,(H2,12,13). The van der Waals surface area contributed by atoms with E-state index < -0.39 is 0 Å². The first-order chi connectivity index (χ1) is 6.32. The van der Waals surface area contributed by atoms with Crippen molar-refractivity contribution in [3.05, 3.63) is 9.33 Å². The van der Waals surface area contributed by atoms with Gasteiger partial charge in [-0.05, 0) is 33.9 Å². The predicted molar refractivity (Wildman–Crippen MR) is 66.0 cm³/mol. The quantitative estimate of drug-likeness (QED) is 0.854. The summed E-state index contributed by atoms with van der Waals surface area (Å²) in [4.78, 5) is 0. The number of nitrogen functional groups attached to an aromatic ring is 1. The lowest BCUT2D eigenvalue weighted by Crippen LogP contribution is -2.19. The summed E-state index contributed by atoms with van der Waals surface area (Å²) in [7, 11) is 0. The molecule has 0 aliphatic carbocycles. The highest BCUT2D eigenvalue weighted by Gasteiger charge is 2.23. The summed E-state index contributed by atoms with van der Waals surface area (Å²) in [6.45, 7) is 8.90. The fourth-order valence-corrected chi connectivity index (χ4v) is 1.46. The second kappa shape index (κ2) is 4.08. The molecule has 14 heavy (non-hydrogen) atoms. The van der Waals surface area contributed by atoms with Gasteiger partial charge in [0.2, 0.25) is 0 Å². The molecule has 1 aromatic rings. The Morgan fingerprint density at radius 2 is 2.07 bits per heavy atom. The molecule has 2 N–H and O–H groups in total. The van der Waals surface area contributed by atoms with Gasteiger partial charge in [0.15, 0.2) is 11.6 Å². The molecule has 0 radical (unpaired) electrons. The summed E-state index contributed by atoms with van der Waals surface area (Å²) in [5.74, 6) is 1.95. The number of aromatic nitrogens is 1. The second-order valence-corrected chi connectivity index (χ2v) is 5.85. The average Bonchev–Trinajstić information content (AvgIpc) is 2.34. The van der Waals surface area contributed by atoms with E-state index in [1.54, 1.807) is 0 Å². The fraction of sp³-hybridized carbons (Fsp3) is 0.700. The Labute approximate surface area is 98.6 Å². The molecule has 0 aromatic carbocycles. The van der Waals surface area contributed by atoms with Crippen LogP contribution in [0, 0.1) is 14.9 Å². The van der Waals surface area contributed by atoms with E-state index in [1.807, 2.05) is 0 Å². The smallest absolute Gasteiger partial charge is 0.180 e. The van der Waals surface area contributed by atoms with Crippen LogP contribution in [0.2, 0.25) is 0 Å². The SMILES string of the molecule is CC(Cc1onc(N)c1I)C(C)(C)C. The van der Waals surface area contributed by atoms with Crippen LogP contribution in [-0.2, 0) is 6.42 Å². The predicted octanol–water partition coefficient (Wildman–Crippen LogP) is 3.09. The Kier molecular flexibility index (Phi) is 3.44. The highest BCUT2D eigenvalue weighted by atomic mass is 127. The lowest BCUT2D eigenvalue weighted by atomic mass is 9.80. The first kappa shape index (κ1) is 11.8. The molecule has 0 saturated carbocycles. The number of hydrogen-bond acceptors (Lipinski definition) is 3. The minimum Gasteiger partial charge on any atom is -0.380 e. The van der Waals surface area contributed by atoms with Crippen molar-refractivity contribution in [3.63, 3.8) is 0 Å². The van der Waals surface area contributed by atoms with Gasteiger partial charge in [-0.15, -0.1) is 0 Å². The van der Waals surface area contributed by atoms with Gasteiger partial charge in [0.05, 0.1) is 3.57 Å². The van der Waals surface area contributed by atoms with Gasteiger partial charge >= 0.3 is 0 Å². The number of halogens is 1. The van der Waals surface area contributed by atoms with Crippen LogP contribution in [0.5, 0.6) is 0 Å². The molecule has 0 saturated heterocycles. The molecule has 0 aliphatic rings. The van der Waals surface area contributed by atoms with Crippen LogP contribution in [0.15, 0.2) is 4.52 Å². The molecule has 80 valence electrons. The Balaban J connectivity index is 2.75. The highest BCUT2D eigenvalue weighted by Crippen LogP contribution is 2.30. The van der Waals surface area contributed by atoms with Crippen molar-refractivity contribution in [2.75, 3.05) is 5.73 Å². The first-order valence-corrected chi connectivity index (χ1v) is 5.79. The molecule has 1 unspecified atom stereocenters. The van der Waals surface area contributed by atoms with Gasteiger partial charge in [0.1, 0.15) is 0 Å². The van der Waals surface area contributed by atoms with Crippen molar-refractivity contribution in [2.24, 2.45) is 11.3 Å². The van der Waals surface area contributed by atoms with Crippen LogP contribution in [-0.4, -0.2) is 5.16 Å². The third kappa shape index (κ3) is 2.62. The van der Waals surface area contributed by atoms with Gasteiger partial charge < -0.3 is 10.3 Å². The lowest BCUT2D eigenvalue weighted by Gasteiger charge is -2.26. The topological polar surface area (TPSA) is 52.0 Å². The van der Waals surface area contributed by atoms with E-state index in [9.17, 15) is 0 Å². The molecule has 0 bridgehead atoms. The van der Waals surface area contributed by atoms with Crippen LogP contribution in [0.4, 0.5) is 5.82 Å². The Morgan fingerprint density at radius 3 is 2.43 bits per heavy atom. The van der Waals surface area contributed by atoms with Crippen LogP contribution in [0.3, 0.4) is 0 Å². The zero-order valence-corrected chi connectivity index (χ0v) is 11.3. The molecule has 0 spiro atoms. The van der Waals surface area contributed by atoms with E-state index >= 15 is 0 Å². The average molecular weight is 308 g/mol. The molecule has 3 nitrogen and oxygen atoms in total. The summed E-state index contributed by atoms with van der Waals surface area (Å²) in [5, 5.41) is 3.75. The second-order valence-electron chi connectivity index (χ2n) is 4.78. The maximum atomic E-state index is 5.61. The first-order valence-electron chi connectivity index (χ1n) is 4.72. The summed E-state index contributed by atoms with van der Waals surface area (Å²) in [5.41, 5.74) is 5.90. The van der Waals surface area contributed by atoms with Crippen LogP contribution >= 0.6 is 22.6 Å². The Bertz CT molecular complexity index is 314. The molecule has 1 atom stereocenters. The largest absolute Gasteiger partial charge is 0.380 e. The maximum Gasteiger partial charge on any atom is 0.180 e. The van der Waals surface area contributed by atoms with Crippen molar-refractivity contribution in [1.29, 1.82) is 0 Å². The third-order valence-corrected chi connectivity index (χ3v) is 3.85. The van der Waals surface area contributed by atoms with Crippen LogP contribution in [0.1, 0.15) is 33.5 Å². The van der Waals surface area contributed by atoms with Crippen molar-refractivity contribution < 1.29 is 4.52 Å². The molecule has 4 heteroatoms. The van der Waals surface area contributed by atoms with Crippen molar-refractivity contribution in [2.45, 2.75) is 34.1 Å². The maximum absolute atomic E-state index is 5.61. The van der Waals surface area contributed by atoms with Gasteiger partial charge in [-0.25, -0.2) is 0 Å². The van der Waals surface area contributed by atoms with Crippen molar-refractivity contribution >= 4 is 28.4 Å². The van der Waals surface area contributed by atoms with Crippen LogP contribution < -0.4 is 5.73 Å². The van der Waals surface area contributed by atoms with E-state index in [1.165, 1.54) is 0 Å². The summed E-state index contributed by atoms with van der Waals surface area (Å²) < 4.78 is 6.14. The summed E-state index contributed by atoms with van der Waals surface area (Å²) in [6, 6.07) is 0. The molecule has 0 fully saturated rings. The molecule has 1 rings (SSSR count). The van der Waals surface area contributed by atoms with E-state index in [4.69, 9.17) is 10.3 Å². The van der Waals surface area contributed by atoms with Gasteiger partial charge in [-0.3, -0.25) is 0 Å². The molecule has 1 aromatic heterocycles. The number of anilines is 1. The number of nitrogens with two attached hydrogens (primary N) is 1. The molecule has 0 aliphatic heterocycles. The third-order valence-electron chi connectivity index (χ3n) is 2.69. The molecular weight excluding hydrogens is 291 g/mol. The normalized spacial score (nSPS) is 14.4. The zero-order chi connectivity index (χ0) is 10.9. The number of nitrogens with zero attached hydrogens (tertiary/aromatic N) is 1. The lowest BCUT2D eigenvalue weighted by molar-refractivity contribution is 0.239. The van der Waals surface area contributed by atoms with Gasteiger partial charge in [-0.2, -0.15) is 0 Å². The summed E-state index contributed by atoms with van der Waals surface area (Å²) >= 11 is 2.18. The fourth-order valence-electron chi connectivity index (χ4n) is 1.04. The monoisotopic (exact) mass is 308 g/mol. The zero-order valence-electron chi connectivity index (χ0n) is 9.10. The summed E-state index contributed by atoms with van der Waals surface area (Å²) in [6.07, 6.45) is 0.895. The number of hydrogen-bond donors (Lipinski definition) is 1. The number of rotatable bonds is 2. The van der Waals surface area contributed by atoms with Crippen LogP contribution in [0.25, 0.3) is 0 Å². The molecule has 0 amide bonds. The van der Waals surface area contributed by atoms with Gasteiger partial charge in [0.25, 0.3) is 0 Å². The van der Waals surface area contributed by atoms with Crippen molar-refractivity contribution in [1.82, 2.24) is 5.16 Å². The van der Waals surface area contributed by atoms with Gasteiger partial charge in [-0.1, -0.05) is 32.9 Å². The minimum absolute atomic E-state index is 0.282. The minimum atomic E-state index is 0.282. The Morgan fingerprint density at radius 1 is 1.50 bits per heavy atom.